The first kappa shape index (κ1) is 13.2. The number of aliphatic hydroxyl groups excluding tert-OH is 1. The first-order valence-corrected chi connectivity index (χ1v) is 7.12. The van der Waals surface area contributed by atoms with Gasteiger partial charge in [-0.25, -0.2) is 0 Å². The topological polar surface area (TPSA) is 53.7 Å². The zero-order chi connectivity index (χ0) is 14.1. The van der Waals surface area contributed by atoms with Gasteiger partial charge in [-0.15, -0.1) is 0 Å². The lowest BCUT2D eigenvalue weighted by Gasteiger charge is -2.36. The summed E-state index contributed by atoms with van der Waals surface area (Å²) in [5.74, 6) is 0.309. The van der Waals surface area contributed by atoms with Gasteiger partial charge in [-0.1, -0.05) is 18.2 Å². The number of hydrogen-bond donors (Lipinski definition) is 1. The molecule has 3 rings (SSSR count). The van der Waals surface area contributed by atoms with E-state index < -0.39 is 0 Å². The second-order valence-electron chi connectivity index (χ2n) is 5.36. The van der Waals surface area contributed by atoms with Gasteiger partial charge in [0.25, 0.3) is 5.91 Å². The lowest BCUT2D eigenvalue weighted by molar-refractivity contribution is 0.0496. The Morgan fingerprint density at radius 2 is 2.15 bits per heavy atom. The van der Waals surface area contributed by atoms with E-state index in [1.807, 2.05) is 31.2 Å². The molecule has 1 N–H and O–H groups in total. The van der Waals surface area contributed by atoms with Crippen molar-refractivity contribution in [3.63, 3.8) is 0 Å². The molecule has 4 nitrogen and oxygen atoms in total. The van der Waals surface area contributed by atoms with Crippen molar-refractivity contribution in [1.29, 1.82) is 0 Å². The fourth-order valence-corrected chi connectivity index (χ4v) is 2.76. The zero-order valence-corrected chi connectivity index (χ0v) is 11.6. The highest BCUT2D eigenvalue weighted by atomic mass is 16.3. The smallest absolute Gasteiger partial charge is 0.290 e. The van der Waals surface area contributed by atoms with Gasteiger partial charge in [0.15, 0.2) is 5.76 Å². The van der Waals surface area contributed by atoms with Crippen LogP contribution in [0.1, 0.15) is 35.4 Å². The molecular weight excluding hydrogens is 254 g/mol. The van der Waals surface area contributed by atoms with Crippen LogP contribution in [-0.4, -0.2) is 35.1 Å². The summed E-state index contributed by atoms with van der Waals surface area (Å²) in [5.41, 5.74) is 1.62. The highest BCUT2D eigenvalue weighted by molar-refractivity contribution is 5.99. The first-order chi connectivity index (χ1) is 9.72. The Kier molecular flexibility index (Phi) is 3.49. The largest absolute Gasteiger partial charge is 0.451 e. The lowest BCUT2D eigenvalue weighted by atomic mass is 9.91. The molecule has 1 aromatic carbocycles. The minimum absolute atomic E-state index is 0.0124. The zero-order valence-electron chi connectivity index (χ0n) is 11.6. The molecule has 1 aliphatic carbocycles. The molecule has 4 heteroatoms. The predicted molar refractivity (Wildman–Crippen MR) is 76.7 cm³/mol. The van der Waals surface area contributed by atoms with Gasteiger partial charge in [0.2, 0.25) is 0 Å². The Hall–Kier alpha value is -1.81. The molecule has 0 saturated heterocycles. The van der Waals surface area contributed by atoms with Crippen molar-refractivity contribution in [2.24, 2.45) is 0 Å². The Balaban J connectivity index is 1.95. The summed E-state index contributed by atoms with van der Waals surface area (Å²) in [6.45, 7) is 2.28. The van der Waals surface area contributed by atoms with Gasteiger partial charge in [-0.3, -0.25) is 4.79 Å². The van der Waals surface area contributed by atoms with E-state index in [1.54, 1.807) is 4.90 Å². The van der Waals surface area contributed by atoms with Crippen LogP contribution in [0, 0.1) is 6.92 Å². The summed E-state index contributed by atoms with van der Waals surface area (Å²) < 4.78 is 5.73. The molecular formula is C16H19NO3. The maximum absolute atomic E-state index is 12.7. The molecule has 1 fully saturated rings. The molecule has 1 amide bonds. The van der Waals surface area contributed by atoms with Gasteiger partial charge in [0, 0.05) is 23.5 Å². The van der Waals surface area contributed by atoms with Crippen LogP contribution in [0.5, 0.6) is 0 Å². The molecule has 0 radical (unpaired) electrons. The quantitative estimate of drug-likeness (QED) is 0.932. The van der Waals surface area contributed by atoms with E-state index in [0.717, 1.165) is 35.8 Å². The summed E-state index contributed by atoms with van der Waals surface area (Å²) in [6, 6.07) is 7.93. The van der Waals surface area contributed by atoms with Gasteiger partial charge in [-0.2, -0.15) is 0 Å². The van der Waals surface area contributed by atoms with E-state index >= 15 is 0 Å². The molecule has 0 spiro atoms. The van der Waals surface area contributed by atoms with Crippen LogP contribution in [0.2, 0.25) is 0 Å². The minimum Gasteiger partial charge on any atom is -0.451 e. The lowest BCUT2D eigenvalue weighted by Crippen LogP contribution is -2.45. The average molecular weight is 273 g/mol. The van der Waals surface area contributed by atoms with Crippen LogP contribution in [0.4, 0.5) is 0 Å². The van der Waals surface area contributed by atoms with E-state index in [1.165, 1.54) is 0 Å². The van der Waals surface area contributed by atoms with Crippen molar-refractivity contribution in [1.82, 2.24) is 4.90 Å². The van der Waals surface area contributed by atoms with E-state index in [-0.39, 0.29) is 18.6 Å². The molecule has 1 aromatic heterocycles. The summed E-state index contributed by atoms with van der Waals surface area (Å²) in [4.78, 5) is 14.4. The summed E-state index contributed by atoms with van der Waals surface area (Å²) in [6.07, 6.45) is 3.19. The van der Waals surface area contributed by atoms with E-state index in [2.05, 4.69) is 0 Å². The fourth-order valence-electron chi connectivity index (χ4n) is 2.76. The number of carbonyl (C=O) groups excluding carboxylic acids is 1. The van der Waals surface area contributed by atoms with Crippen molar-refractivity contribution in [3.05, 3.63) is 35.6 Å². The minimum atomic E-state index is -0.0996. The molecule has 0 aliphatic heterocycles. The SMILES string of the molecule is Cc1c(C(=O)N(CCO)C2CCC2)oc2ccccc12. The monoisotopic (exact) mass is 273 g/mol. The second kappa shape index (κ2) is 5.29. The molecule has 20 heavy (non-hydrogen) atoms. The second-order valence-corrected chi connectivity index (χ2v) is 5.36. The Bertz CT molecular complexity index is 628. The molecule has 1 aliphatic rings. The molecule has 106 valence electrons. The maximum Gasteiger partial charge on any atom is 0.290 e. The number of furan rings is 1. The third kappa shape index (κ3) is 2.10. The van der Waals surface area contributed by atoms with Crippen LogP contribution < -0.4 is 0 Å². The third-order valence-corrected chi connectivity index (χ3v) is 4.16. The molecule has 0 atom stereocenters. The molecule has 2 aromatic rings. The number of benzene rings is 1. The highest BCUT2D eigenvalue weighted by Crippen LogP contribution is 2.30. The van der Waals surface area contributed by atoms with E-state index in [9.17, 15) is 9.90 Å². The number of amides is 1. The number of para-hydroxylation sites is 1. The number of nitrogens with zero attached hydrogens (tertiary/aromatic N) is 1. The van der Waals surface area contributed by atoms with Crippen molar-refractivity contribution < 1.29 is 14.3 Å². The van der Waals surface area contributed by atoms with Crippen molar-refractivity contribution in [3.8, 4) is 0 Å². The van der Waals surface area contributed by atoms with Gasteiger partial charge in [-0.05, 0) is 32.3 Å². The molecule has 0 unspecified atom stereocenters. The van der Waals surface area contributed by atoms with Crippen molar-refractivity contribution in [2.45, 2.75) is 32.2 Å². The predicted octanol–water partition coefficient (Wildman–Crippen LogP) is 2.73. The van der Waals surface area contributed by atoms with Crippen LogP contribution in [-0.2, 0) is 0 Å². The Morgan fingerprint density at radius 1 is 1.40 bits per heavy atom. The van der Waals surface area contributed by atoms with Crippen LogP contribution in [0.25, 0.3) is 11.0 Å². The molecule has 1 saturated carbocycles. The molecule has 0 bridgehead atoms. The van der Waals surface area contributed by atoms with Crippen LogP contribution in [0.3, 0.4) is 0 Å². The number of hydrogen-bond acceptors (Lipinski definition) is 3. The van der Waals surface area contributed by atoms with E-state index in [0.29, 0.717) is 12.3 Å². The summed E-state index contributed by atoms with van der Waals surface area (Å²) >= 11 is 0. The third-order valence-electron chi connectivity index (χ3n) is 4.16. The Morgan fingerprint density at radius 3 is 2.75 bits per heavy atom. The van der Waals surface area contributed by atoms with Gasteiger partial charge < -0.3 is 14.4 Å². The summed E-state index contributed by atoms with van der Waals surface area (Å²) in [7, 11) is 0. The van der Waals surface area contributed by atoms with Crippen LogP contribution >= 0.6 is 0 Å². The summed E-state index contributed by atoms with van der Waals surface area (Å²) in [5, 5.41) is 10.2. The number of aryl methyl sites for hydroxylation is 1. The maximum atomic E-state index is 12.7. The first-order valence-electron chi connectivity index (χ1n) is 7.12. The normalized spacial score (nSPS) is 15.3. The highest BCUT2D eigenvalue weighted by Gasteiger charge is 2.31. The molecule has 1 heterocycles. The van der Waals surface area contributed by atoms with E-state index in [4.69, 9.17) is 4.42 Å². The Labute approximate surface area is 118 Å². The number of aliphatic hydroxyl groups is 1. The van der Waals surface area contributed by atoms with Gasteiger partial charge in [0.05, 0.1) is 6.61 Å². The van der Waals surface area contributed by atoms with Crippen LogP contribution in [0.15, 0.2) is 28.7 Å². The van der Waals surface area contributed by atoms with Crippen molar-refractivity contribution >= 4 is 16.9 Å². The van der Waals surface area contributed by atoms with Gasteiger partial charge >= 0.3 is 0 Å². The fraction of sp³-hybridized carbons (Fsp3) is 0.438. The van der Waals surface area contributed by atoms with Gasteiger partial charge in [0.1, 0.15) is 5.58 Å². The average Bonchev–Trinajstić information content (AvgIpc) is 2.73. The standard InChI is InChI=1S/C16H19NO3/c1-11-13-7-2-3-8-14(13)20-15(11)16(19)17(9-10-18)12-5-4-6-12/h2-3,7-8,12,18H,4-6,9-10H2,1H3. The number of fused-ring (bicyclic) bond motifs is 1. The number of carbonyl (C=O) groups is 1. The van der Waals surface area contributed by atoms with Crippen molar-refractivity contribution in [2.75, 3.05) is 13.2 Å². The number of rotatable bonds is 4.